The highest BCUT2D eigenvalue weighted by Gasteiger charge is 2.25. The van der Waals surface area contributed by atoms with E-state index in [1.165, 1.54) is 6.92 Å². The molecule has 5 heteroatoms. The van der Waals surface area contributed by atoms with Crippen molar-refractivity contribution >= 4 is 11.8 Å². The highest BCUT2D eigenvalue weighted by atomic mass is 16.5. The first-order valence-corrected chi connectivity index (χ1v) is 6.06. The number of carboxylic acid groups (broad SMARTS) is 1. The van der Waals surface area contributed by atoms with Gasteiger partial charge in [-0.2, -0.15) is 0 Å². The summed E-state index contributed by atoms with van der Waals surface area (Å²) in [4.78, 5) is 22.3. The van der Waals surface area contributed by atoms with Crippen LogP contribution in [0, 0.1) is 0 Å². The fourth-order valence-electron chi connectivity index (χ4n) is 1.48. The third-order valence-corrected chi connectivity index (χ3v) is 2.73. The maximum absolute atomic E-state index is 11.4. The zero-order valence-electron chi connectivity index (χ0n) is 11.4. The molecular weight excluding hydrogens is 246 g/mol. The first kappa shape index (κ1) is 15.2. The van der Waals surface area contributed by atoms with Gasteiger partial charge in [0.05, 0.1) is 5.56 Å². The number of carbonyl (C=O) groups excluding carboxylic acids is 1. The van der Waals surface area contributed by atoms with E-state index in [0.29, 0.717) is 24.5 Å². The third-order valence-electron chi connectivity index (χ3n) is 2.73. The van der Waals surface area contributed by atoms with Crippen LogP contribution in [-0.2, 0) is 4.79 Å². The number of nitrogens with one attached hydrogen (secondary N) is 1. The van der Waals surface area contributed by atoms with Crippen molar-refractivity contribution in [1.82, 2.24) is 5.32 Å². The van der Waals surface area contributed by atoms with Gasteiger partial charge in [-0.15, -0.1) is 0 Å². The summed E-state index contributed by atoms with van der Waals surface area (Å²) in [6.07, 6.45) is 0. The van der Waals surface area contributed by atoms with Crippen LogP contribution >= 0.6 is 0 Å². The van der Waals surface area contributed by atoms with Crippen LogP contribution < -0.4 is 10.1 Å². The molecule has 0 amide bonds. The van der Waals surface area contributed by atoms with Crippen molar-refractivity contribution in [3.63, 3.8) is 0 Å². The van der Waals surface area contributed by atoms with Crippen LogP contribution in [-0.4, -0.2) is 35.5 Å². The summed E-state index contributed by atoms with van der Waals surface area (Å²) in [6.45, 7) is 5.32. The molecule has 104 valence electrons. The predicted molar refractivity (Wildman–Crippen MR) is 71.7 cm³/mol. The Morgan fingerprint density at radius 1 is 1.32 bits per heavy atom. The second kappa shape index (κ2) is 6.33. The van der Waals surface area contributed by atoms with E-state index in [4.69, 9.17) is 9.84 Å². The number of hydrogen-bond donors (Lipinski definition) is 2. The molecule has 1 aromatic carbocycles. The molecule has 0 heterocycles. The molecule has 5 nitrogen and oxygen atoms in total. The summed E-state index contributed by atoms with van der Waals surface area (Å²) in [5, 5.41) is 11.8. The summed E-state index contributed by atoms with van der Waals surface area (Å²) in [5.74, 6) is -0.462. The van der Waals surface area contributed by atoms with Crippen molar-refractivity contribution < 1.29 is 19.4 Å². The minimum atomic E-state index is -0.997. The Morgan fingerprint density at radius 3 is 2.53 bits per heavy atom. The molecule has 0 aliphatic rings. The number of Topliss-reactive ketones (excluding diaryl/α,β-unsaturated/α-hetero) is 1. The van der Waals surface area contributed by atoms with E-state index in [1.807, 2.05) is 0 Å². The van der Waals surface area contributed by atoms with E-state index in [0.717, 1.165) is 0 Å². The van der Waals surface area contributed by atoms with Gasteiger partial charge in [0, 0.05) is 6.54 Å². The fraction of sp³-hybridized carbons (Fsp3) is 0.429. The van der Waals surface area contributed by atoms with Crippen molar-refractivity contribution in [3.8, 4) is 5.75 Å². The van der Waals surface area contributed by atoms with Crippen molar-refractivity contribution in [3.05, 3.63) is 29.8 Å². The van der Waals surface area contributed by atoms with Crippen molar-refractivity contribution in [2.24, 2.45) is 0 Å². The van der Waals surface area contributed by atoms with Gasteiger partial charge in [-0.25, -0.2) is 0 Å². The Bertz CT molecular complexity index is 468. The lowest BCUT2D eigenvalue weighted by Gasteiger charge is -2.21. The fourth-order valence-corrected chi connectivity index (χ4v) is 1.48. The van der Waals surface area contributed by atoms with Crippen molar-refractivity contribution in [2.45, 2.75) is 26.3 Å². The van der Waals surface area contributed by atoms with Crippen LogP contribution in [0.2, 0.25) is 0 Å². The number of ether oxygens (including phenoxy) is 1. The molecule has 2 N–H and O–H groups in total. The maximum atomic E-state index is 11.4. The molecule has 0 unspecified atom stereocenters. The third kappa shape index (κ3) is 4.37. The van der Waals surface area contributed by atoms with Gasteiger partial charge < -0.3 is 9.84 Å². The molecule has 0 saturated carbocycles. The molecular formula is C14H19NO4. The molecule has 1 aromatic rings. The van der Waals surface area contributed by atoms with E-state index >= 15 is 0 Å². The van der Waals surface area contributed by atoms with Gasteiger partial charge in [-0.1, -0.05) is 12.1 Å². The SMILES string of the molecule is CC(=O)c1ccccc1OCCNC(C)(C)C(=O)O. The highest BCUT2D eigenvalue weighted by Crippen LogP contribution is 2.18. The lowest BCUT2D eigenvalue weighted by Crippen LogP contribution is -2.48. The van der Waals surface area contributed by atoms with Gasteiger partial charge >= 0.3 is 5.97 Å². The normalized spacial score (nSPS) is 11.1. The molecule has 0 aliphatic carbocycles. The quantitative estimate of drug-likeness (QED) is 0.580. The van der Waals surface area contributed by atoms with E-state index < -0.39 is 11.5 Å². The zero-order chi connectivity index (χ0) is 14.5. The number of hydrogen-bond acceptors (Lipinski definition) is 4. The number of carboxylic acids is 1. The molecule has 0 aromatic heterocycles. The highest BCUT2D eigenvalue weighted by molar-refractivity contribution is 5.96. The van der Waals surface area contributed by atoms with Crippen LogP contribution in [0.15, 0.2) is 24.3 Å². The Morgan fingerprint density at radius 2 is 1.95 bits per heavy atom. The van der Waals surface area contributed by atoms with Crippen molar-refractivity contribution in [1.29, 1.82) is 0 Å². The molecule has 0 bridgehead atoms. The number of rotatable bonds is 7. The van der Waals surface area contributed by atoms with Crippen LogP contribution in [0.25, 0.3) is 0 Å². The average molecular weight is 265 g/mol. The van der Waals surface area contributed by atoms with E-state index in [9.17, 15) is 9.59 Å². The Balaban J connectivity index is 2.51. The predicted octanol–water partition coefficient (Wildman–Crippen LogP) is 1.72. The van der Waals surface area contributed by atoms with Crippen LogP contribution in [0.1, 0.15) is 31.1 Å². The summed E-state index contributed by atoms with van der Waals surface area (Å²) in [7, 11) is 0. The monoisotopic (exact) mass is 265 g/mol. The minimum Gasteiger partial charge on any atom is -0.492 e. The van der Waals surface area contributed by atoms with E-state index in [1.54, 1.807) is 38.1 Å². The lowest BCUT2D eigenvalue weighted by atomic mass is 10.1. The number of para-hydroxylation sites is 1. The van der Waals surface area contributed by atoms with E-state index in [2.05, 4.69) is 5.32 Å². The van der Waals surface area contributed by atoms with E-state index in [-0.39, 0.29) is 5.78 Å². The maximum Gasteiger partial charge on any atom is 0.323 e. The molecule has 19 heavy (non-hydrogen) atoms. The van der Waals surface area contributed by atoms with Crippen LogP contribution in [0.5, 0.6) is 5.75 Å². The average Bonchev–Trinajstić information content (AvgIpc) is 2.34. The number of benzene rings is 1. The molecule has 0 aliphatic heterocycles. The topological polar surface area (TPSA) is 75.6 Å². The second-order valence-corrected chi connectivity index (χ2v) is 4.76. The Kier molecular flexibility index (Phi) is 5.06. The Hall–Kier alpha value is -1.88. The first-order valence-electron chi connectivity index (χ1n) is 6.06. The zero-order valence-corrected chi connectivity index (χ0v) is 11.4. The number of carbonyl (C=O) groups is 2. The van der Waals surface area contributed by atoms with Gasteiger partial charge in [0.15, 0.2) is 5.78 Å². The Labute approximate surface area is 112 Å². The standard InChI is InChI=1S/C14H19NO4/c1-10(16)11-6-4-5-7-12(11)19-9-8-15-14(2,3)13(17)18/h4-7,15H,8-9H2,1-3H3,(H,17,18). The summed E-state index contributed by atoms with van der Waals surface area (Å²) >= 11 is 0. The summed E-state index contributed by atoms with van der Waals surface area (Å²) in [6, 6.07) is 6.98. The van der Waals surface area contributed by atoms with Crippen molar-refractivity contribution in [2.75, 3.05) is 13.2 Å². The first-order chi connectivity index (χ1) is 8.84. The number of ketones is 1. The molecule has 1 rings (SSSR count). The smallest absolute Gasteiger partial charge is 0.323 e. The summed E-state index contributed by atoms with van der Waals surface area (Å²) in [5.41, 5.74) is -0.469. The van der Waals surface area contributed by atoms with Gasteiger partial charge in [0.25, 0.3) is 0 Å². The van der Waals surface area contributed by atoms with Gasteiger partial charge in [-0.3, -0.25) is 14.9 Å². The minimum absolute atomic E-state index is 0.0607. The molecule has 0 spiro atoms. The second-order valence-electron chi connectivity index (χ2n) is 4.76. The lowest BCUT2D eigenvalue weighted by molar-refractivity contribution is -0.143. The molecule has 0 radical (unpaired) electrons. The van der Waals surface area contributed by atoms with Gasteiger partial charge in [0.1, 0.15) is 17.9 Å². The van der Waals surface area contributed by atoms with Gasteiger partial charge in [0.2, 0.25) is 0 Å². The van der Waals surface area contributed by atoms with Crippen LogP contribution in [0.4, 0.5) is 0 Å². The molecule has 0 saturated heterocycles. The summed E-state index contributed by atoms with van der Waals surface area (Å²) < 4.78 is 5.50. The molecule has 0 atom stereocenters. The van der Waals surface area contributed by atoms with Gasteiger partial charge in [-0.05, 0) is 32.9 Å². The molecule has 0 fully saturated rings. The van der Waals surface area contributed by atoms with Crippen LogP contribution in [0.3, 0.4) is 0 Å². The number of aliphatic carboxylic acids is 1. The largest absolute Gasteiger partial charge is 0.492 e.